The Hall–Kier alpha value is -1.35. The molecule has 1 aromatic carbocycles. The number of aliphatic hydroxyl groups is 1. The smallest absolute Gasteiger partial charge is 0.232 e. The standard InChI is InChI=1S/C17H25NO2/c1-16(2,14-9-5-4-6-10-14)15(19)18(3)13-17(20)11-7-8-12-17/h4-6,9-10,20H,7-8,11-13H2,1-3H3. The van der Waals surface area contributed by atoms with Crippen molar-refractivity contribution in [3.05, 3.63) is 35.9 Å². The van der Waals surface area contributed by atoms with E-state index in [2.05, 4.69) is 0 Å². The van der Waals surface area contributed by atoms with Gasteiger partial charge in [-0.05, 0) is 32.3 Å². The van der Waals surface area contributed by atoms with Crippen LogP contribution in [0, 0.1) is 0 Å². The van der Waals surface area contributed by atoms with Crippen LogP contribution in [0.5, 0.6) is 0 Å². The molecule has 0 saturated heterocycles. The minimum atomic E-state index is -0.683. The highest BCUT2D eigenvalue weighted by atomic mass is 16.3. The quantitative estimate of drug-likeness (QED) is 0.918. The summed E-state index contributed by atoms with van der Waals surface area (Å²) < 4.78 is 0. The third kappa shape index (κ3) is 3.04. The first kappa shape index (κ1) is 15.0. The van der Waals surface area contributed by atoms with Crippen molar-refractivity contribution in [2.24, 2.45) is 0 Å². The summed E-state index contributed by atoms with van der Waals surface area (Å²) in [6.07, 6.45) is 3.72. The molecule has 1 fully saturated rings. The van der Waals surface area contributed by atoms with Gasteiger partial charge < -0.3 is 10.0 Å². The molecule has 1 aliphatic rings. The van der Waals surface area contributed by atoms with Crippen LogP contribution in [0.1, 0.15) is 45.1 Å². The summed E-state index contributed by atoms with van der Waals surface area (Å²) in [6.45, 7) is 4.32. The van der Waals surface area contributed by atoms with Crippen LogP contribution in [-0.4, -0.2) is 35.1 Å². The van der Waals surface area contributed by atoms with Crippen LogP contribution in [0.15, 0.2) is 30.3 Å². The first-order chi connectivity index (χ1) is 9.35. The highest BCUT2D eigenvalue weighted by Gasteiger charge is 2.37. The molecule has 110 valence electrons. The Morgan fingerprint density at radius 3 is 2.35 bits per heavy atom. The van der Waals surface area contributed by atoms with Crippen LogP contribution in [0.4, 0.5) is 0 Å². The Bertz CT molecular complexity index is 461. The highest BCUT2D eigenvalue weighted by molar-refractivity contribution is 5.87. The van der Waals surface area contributed by atoms with E-state index in [1.165, 1.54) is 0 Å². The highest BCUT2D eigenvalue weighted by Crippen LogP contribution is 2.31. The van der Waals surface area contributed by atoms with E-state index in [-0.39, 0.29) is 5.91 Å². The Morgan fingerprint density at radius 1 is 1.25 bits per heavy atom. The number of hydrogen-bond donors (Lipinski definition) is 1. The van der Waals surface area contributed by atoms with Crippen LogP contribution in [0.25, 0.3) is 0 Å². The lowest BCUT2D eigenvalue weighted by atomic mass is 9.83. The van der Waals surface area contributed by atoms with Crippen molar-refractivity contribution in [3.8, 4) is 0 Å². The predicted molar refractivity (Wildman–Crippen MR) is 80.5 cm³/mol. The second kappa shape index (κ2) is 5.57. The molecule has 0 aliphatic heterocycles. The first-order valence-corrected chi connectivity index (χ1v) is 7.39. The summed E-state index contributed by atoms with van der Waals surface area (Å²) in [4.78, 5) is 14.4. The number of carbonyl (C=O) groups excluding carboxylic acids is 1. The van der Waals surface area contributed by atoms with Crippen LogP contribution < -0.4 is 0 Å². The molecule has 0 radical (unpaired) electrons. The third-order valence-corrected chi connectivity index (χ3v) is 4.44. The normalized spacial score (nSPS) is 18.0. The van der Waals surface area contributed by atoms with E-state index in [9.17, 15) is 9.90 Å². The third-order valence-electron chi connectivity index (χ3n) is 4.44. The summed E-state index contributed by atoms with van der Waals surface area (Å²) in [7, 11) is 1.79. The molecule has 1 N–H and O–H groups in total. The van der Waals surface area contributed by atoms with Crippen molar-refractivity contribution < 1.29 is 9.90 Å². The number of carbonyl (C=O) groups is 1. The molecule has 0 spiro atoms. The molecule has 1 aliphatic carbocycles. The predicted octanol–water partition coefficient (Wildman–Crippen LogP) is 2.73. The van der Waals surface area contributed by atoms with Crippen molar-refractivity contribution in [1.29, 1.82) is 0 Å². The molecule has 0 bridgehead atoms. The van der Waals surface area contributed by atoms with E-state index in [0.717, 1.165) is 31.2 Å². The molecular formula is C17H25NO2. The molecule has 0 aromatic heterocycles. The molecule has 1 amide bonds. The molecule has 20 heavy (non-hydrogen) atoms. The van der Waals surface area contributed by atoms with E-state index < -0.39 is 11.0 Å². The van der Waals surface area contributed by atoms with Gasteiger partial charge in [0.2, 0.25) is 5.91 Å². The van der Waals surface area contributed by atoms with Crippen LogP contribution in [0.2, 0.25) is 0 Å². The fourth-order valence-electron chi connectivity index (χ4n) is 3.16. The molecule has 0 heterocycles. The molecule has 0 unspecified atom stereocenters. The van der Waals surface area contributed by atoms with Crippen molar-refractivity contribution in [3.63, 3.8) is 0 Å². The average molecular weight is 275 g/mol. The van der Waals surface area contributed by atoms with Crippen molar-refractivity contribution >= 4 is 5.91 Å². The molecule has 3 heteroatoms. The SMILES string of the molecule is CN(CC1(O)CCCC1)C(=O)C(C)(C)c1ccccc1. The fourth-order valence-corrected chi connectivity index (χ4v) is 3.16. The molecule has 1 aromatic rings. The van der Waals surface area contributed by atoms with Gasteiger partial charge in [-0.3, -0.25) is 4.79 Å². The Morgan fingerprint density at radius 2 is 1.80 bits per heavy atom. The maximum atomic E-state index is 12.7. The van der Waals surface area contributed by atoms with E-state index in [0.29, 0.717) is 6.54 Å². The van der Waals surface area contributed by atoms with Gasteiger partial charge in [0.15, 0.2) is 0 Å². The molecule has 1 saturated carbocycles. The van der Waals surface area contributed by atoms with E-state index in [4.69, 9.17) is 0 Å². The van der Waals surface area contributed by atoms with E-state index >= 15 is 0 Å². The fraction of sp³-hybridized carbons (Fsp3) is 0.588. The summed E-state index contributed by atoms with van der Waals surface area (Å²) in [5.41, 5.74) is -0.238. The van der Waals surface area contributed by atoms with Gasteiger partial charge in [-0.25, -0.2) is 0 Å². The minimum Gasteiger partial charge on any atom is -0.388 e. The van der Waals surface area contributed by atoms with Gasteiger partial charge in [-0.2, -0.15) is 0 Å². The number of nitrogens with zero attached hydrogens (tertiary/aromatic N) is 1. The zero-order chi connectivity index (χ0) is 14.8. The van der Waals surface area contributed by atoms with Gasteiger partial charge >= 0.3 is 0 Å². The first-order valence-electron chi connectivity index (χ1n) is 7.39. The van der Waals surface area contributed by atoms with Crippen molar-refractivity contribution in [2.45, 2.75) is 50.5 Å². The van der Waals surface area contributed by atoms with Crippen molar-refractivity contribution in [1.82, 2.24) is 4.90 Å². The minimum absolute atomic E-state index is 0.0593. The lowest BCUT2D eigenvalue weighted by molar-refractivity contribution is -0.138. The number of likely N-dealkylation sites (N-methyl/N-ethyl adjacent to an activating group) is 1. The van der Waals surface area contributed by atoms with Crippen LogP contribution in [-0.2, 0) is 10.2 Å². The number of benzene rings is 1. The maximum absolute atomic E-state index is 12.7. The lowest BCUT2D eigenvalue weighted by Crippen LogP contribution is -2.48. The summed E-state index contributed by atoms with van der Waals surface area (Å²) in [5.74, 6) is 0.0593. The van der Waals surface area contributed by atoms with E-state index in [1.54, 1.807) is 11.9 Å². The van der Waals surface area contributed by atoms with Crippen LogP contribution >= 0.6 is 0 Å². The molecule has 3 nitrogen and oxygen atoms in total. The topological polar surface area (TPSA) is 40.5 Å². The number of amides is 1. The van der Waals surface area contributed by atoms with Gasteiger partial charge in [0.05, 0.1) is 11.0 Å². The zero-order valence-electron chi connectivity index (χ0n) is 12.7. The second-order valence-electron chi connectivity index (χ2n) is 6.58. The summed E-state index contributed by atoms with van der Waals surface area (Å²) in [5, 5.41) is 10.5. The Labute approximate surface area is 121 Å². The number of rotatable bonds is 4. The van der Waals surface area contributed by atoms with E-state index in [1.807, 2.05) is 44.2 Å². The zero-order valence-corrected chi connectivity index (χ0v) is 12.7. The van der Waals surface area contributed by atoms with Gasteiger partial charge in [-0.15, -0.1) is 0 Å². The van der Waals surface area contributed by atoms with Crippen LogP contribution in [0.3, 0.4) is 0 Å². The maximum Gasteiger partial charge on any atom is 0.232 e. The van der Waals surface area contributed by atoms with Gasteiger partial charge in [0.25, 0.3) is 0 Å². The average Bonchev–Trinajstić information content (AvgIpc) is 2.85. The van der Waals surface area contributed by atoms with Gasteiger partial charge in [0.1, 0.15) is 0 Å². The van der Waals surface area contributed by atoms with Gasteiger partial charge in [0, 0.05) is 13.6 Å². The Kier molecular flexibility index (Phi) is 4.19. The number of hydrogen-bond acceptors (Lipinski definition) is 2. The van der Waals surface area contributed by atoms with Gasteiger partial charge in [-0.1, -0.05) is 43.2 Å². The molecule has 0 atom stereocenters. The lowest BCUT2D eigenvalue weighted by Gasteiger charge is -2.34. The van der Waals surface area contributed by atoms with Crippen molar-refractivity contribution in [2.75, 3.05) is 13.6 Å². The Balaban J connectivity index is 2.10. The monoisotopic (exact) mass is 275 g/mol. The molecule has 2 rings (SSSR count). The second-order valence-corrected chi connectivity index (χ2v) is 6.58. The largest absolute Gasteiger partial charge is 0.388 e. The molecular weight excluding hydrogens is 250 g/mol. The summed E-state index contributed by atoms with van der Waals surface area (Å²) >= 11 is 0. The summed E-state index contributed by atoms with van der Waals surface area (Å²) in [6, 6.07) is 9.82.